The summed E-state index contributed by atoms with van der Waals surface area (Å²) >= 11 is 0. The quantitative estimate of drug-likeness (QED) is 0.864. The van der Waals surface area contributed by atoms with E-state index in [9.17, 15) is 9.18 Å². The van der Waals surface area contributed by atoms with Gasteiger partial charge in [-0.1, -0.05) is 19.3 Å². The van der Waals surface area contributed by atoms with E-state index in [1.165, 1.54) is 12.1 Å². The highest BCUT2D eigenvalue weighted by Gasteiger charge is 2.38. The van der Waals surface area contributed by atoms with Crippen molar-refractivity contribution in [1.82, 2.24) is 4.98 Å². The molecule has 1 aliphatic carbocycles. The van der Waals surface area contributed by atoms with Crippen LogP contribution in [0.2, 0.25) is 0 Å². The van der Waals surface area contributed by atoms with Gasteiger partial charge in [-0.3, -0.25) is 4.79 Å². The first kappa shape index (κ1) is 13.0. The molecule has 0 aliphatic heterocycles. The smallest absolute Gasteiger partial charge is 0.233 e. The zero-order chi connectivity index (χ0) is 13.0. The Bertz CT molecular complexity index is 413. The third-order valence-corrected chi connectivity index (χ3v) is 3.65. The third-order valence-electron chi connectivity index (χ3n) is 3.65. The van der Waals surface area contributed by atoms with Gasteiger partial charge in [-0.2, -0.15) is 0 Å². The zero-order valence-electron chi connectivity index (χ0n) is 10.3. The van der Waals surface area contributed by atoms with Crippen LogP contribution in [0.1, 0.15) is 32.1 Å². The number of nitrogens with zero attached hydrogens (tertiary/aromatic N) is 1. The highest BCUT2D eigenvalue weighted by atomic mass is 19.1. The number of nitrogens with two attached hydrogens (primary N) is 1. The Balaban J connectivity index is 2.07. The van der Waals surface area contributed by atoms with Gasteiger partial charge in [0.15, 0.2) is 0 Å². The number of nitrogens with one attached hydrogen (secondary N) is 1. The van der Waals surface area contributed by atoms with Crippen molar-refractivity contribution in [2.24, 2.45) is 11.1 Å². The highest BCUT2D eigenvalue weighted by Crippen LogP contribution is 2.36. The van der Waals surface area contributed by atoms with E-state index in [1.807, 2.05) is 0 Å². The van der Waals surface area contributed by atoms with Crippen molar-refractivity contribution < 1.29 is 9.18 Å². The van der Waals surface area contributed by atoms with Crippen molar-refractivity contribution in [3.05, 3.63) is 24.1 Å². The highest BCUT2D eigenvalue weighted by molar-refractivity contribution is 5.94. The topological polar surface area (TPSA) is 68.0 Å². The lowest BCUT2D eigenvalue weighted by atomic mass is 9.73. The minimum atomic E-state index is -0.478. The Hall–Kier alpha value is -1.49. The fourth-order valence-corrected chi connectivity index (χ4v) is 2.45. The van der Waals surface area contributed by atoms with Crippen LogP contribution in [0.3, 0.4) is 0 Å². The second-order valence-corrected chi connectivity index (χ2v) is 4.86. The molecule has 0 aromatic carbocycles. The molecule has 0 spiro atoms. The van der Waals surface area contributed by atoms with Gasteiger partial charge in [0, 0.05) is 6.54 Å². The summed E-state index contributed by atoms with van der Waals surface area (Å²) in [6, 6.07) is 2.73. The van der Waals surface area contributed by atoms with E-state index >= 15 is 0 Å². The fourth-order valence-electron chi connectivity index (χ4n) is 2.45. The number of anilines is 1. The molecule has 1 aromatic rings. The van der Waals surface area contributed by atoms with Crippen LogP contribution in [-0.2, 0) is 4.79 Å². The minimum Gasteiger partial charge on any atom is -0.329 e. The molecule has 0 atom stereocenters. The van der Waals surface area contributed by atoms with Gasteiger partial charge in [0.05, 0.1) is 11.6 Å². The molecular formula is C13H18FN3O. The SMILES string of the molecule is NCC1(C(=O)Nc2ccc(F)cn2)CCCCC1. The maximum absolute atomic E-state index is 12.7. The first-order chi connectivity index (χ1) is 8.66. The number of rotatable bonds is 3. The van der Waals surface area contributed by atoms with Gasteiger partial charge < -0.3 is 11.1 Å². The molecule has 0 unspecified atom stereocenters. The lowest BCUT2D eigenvalue weighted by molar-refractivity contribution is -0.126. The number of hydrogen-bond acceptors (Lipinski definition) is 3. The largest absolute Gasteiger partial charge is 0.329 e. The van der Waals surface area contributed by atoms with E-state index in [1.54, 1.807) is 0 Å². The van der Waals surface area contributed by atoms with Crippen molar-refractivity contribution >= 4 is 11.7 Å². The van der Waals surface area contributed by atoms with Gasteiger partial charge in [-0.05, 0) is 25.0 Å². The molecule has 0 saturated heterocycles. The molecule has 98 valence electrons. The van der Waals surface area contributed by atoms with Crippen molar-refractivity contribution in [1.29, 1.82) is 0 Å². The monoisotopic (exact) mass is 251 g/mol. The molecule has 0 bridgehead atoms. The van der Waals surface area contributed by atoms with Gasteiger partial charge in [0.1, 0.15) is 11.6 Å². The first-order valence-corrected chi connectivity index (χ1v) is 6.29. The van der Waals surface area contributed by atoms with E-state index in [-0.39, 0.29) is 5.91 Å². The number of halogens is 1. The van der Waals surface area contributed by atoms with Crippen LogP contribution >= 0.6 is 0 Å². The van der Waals surface area contributed by atoms with Gasteiger partial charge in [0.25, 0.3) is 0 Å². The molecule has 1 heterocycles. The molecule has 1 aromatic heterocycles. The van der Waals surface area contributed by atoms with Crippen LogP contribution in [-0.4, -0.2) is 17.4 Å². The van der Waals surface area contributed by atoms with Crippen molar-refractivity contribution in [3.8, 4) is 0 Å². The number of carbonyl (C=O) groups is 1. The lowest BCUT2D eigenvalue weighted by Crippen LogP contribution is -2.44. The fraction of sp³-hybridized carbons (Fsp3) is 0.538. The standard InChI is InChI=1S/C13H18FN3O/c14-10-4-5-11(16-8-10)17-12(18)13(9-15)6-2-1-3-7-13/h4-5,8H,1-3,6-7,9,15H2,(H,16,17,18). The molecule has 1 saturated carbocycles. The average molecular weight is 251 g/mol. The van der Waals surface area contributed by atoms with E-state index in [4.69, 9.17) is 5.73 Å². The van der Waals surface area contributed by atoms with Crippen molar-refractivity contribution in [3.63, 3.8) is 0 Å². The summed E-state index contributed by atoms with van der Waals surface area (Å²) in [5, 5.41) is 2.73. The molecule has 4 nitrogen and oxygen atoms in total. The van der Waals surface area contributed by atoms with Crippen LogP contribution in [0.4, 0.5) is 10.2 Å². The van der Waals surface area contributed by atoms with E-state index < -0.39 is 11.2 Å². The first-order valence-electron chi connectivity index (χ1n) is 6.29. The molecule has 18 heavy (non-hydrogen) atoms. The van der Waals surface area contributed by atoms with Crippen LogP contribution in [0, 0.1) is 11.2 Å². The second-order valence-electron chi connectivity index (χ2n) is 4.86. The number of pyridine rings is 1. The summed E-state index contributed by atoms with van der Waals surface area (Å²) in [6.07, 6.45) is 5.94. The summed E-state index contributed by atoms with van der Waals surface area (Å²) in [6.45, 7) is 0.347. The Morgan fingerprint density at radius 3 is 2.67 bits per heavy atom. The normalized spacial score (nSPS) is 18.3. The van der Waals surface area contributed by atoms with E-state index in [2.05, 4.69) is 10.3 Å². The molecule has 1 amide bonds. The summed E-state index contributed by atoms with van der Waals surface area (Å²) in [5.41, 5.74) is 5.30. The Labute approximate surface area is 106 Å². The predicted molar refractivity (Wildman–Crippen MR) is 67.4 cm³/mol. The molecule has 5 heteroatoms. The minimum absolute atomic E-state index is 0.0937. The predicted octanol–water partition coefficient (Wildman–Crippen LogP) is 2.07. The van der Waals surface area contributed by atoms with Gasteiger partial charge in [0.2, 0.25) is 5.91 Å². The van der Waals surface area contributed by atoms with Gasteiger partial charge in [-0.15, -0.1) is 0 Å². The maximum atomic E-state index is 12.7. The third kappa shape index (κ3) is 2.67. The second kappa shape index (κ2) is 5.44. The Morgan fingerprint density at radius 1 is 1.39 bits per heavy atom. The summed E-state index contributed by atoms with van der Waals surface area (Å²) in [4.78, 5) is 16.1. The number of amides is 1. The van der Waals surface area contributed by atoms with Crippen molar-refractivity contribution in [2.45, 2.75) is 32.1 Å². The summed E-state index contributed by atoms with van der Waals surface area (Å²) < 4.78 is 12.7. The van der Waals surface area contributed by atoms with Crippen LogP contribution in [0.15, 0.2) is 18.3 Å². The molecular weight excluding hydrogens is 233 g/mol. The van der Waals surface area contributed by atoms with Gasteiger partial charge in [-0.25, -0.2) is 9.37 Å². The van der Waals surface area contributed by atoms with Gasteiger partial charge >= 0.3 is 0 Å². The van der Waals surface area contributed by atoms with Crippen molar-refractivity contribution in [2.75, 3.05) is 11.9 Å². The number of aromatic nitrogens is 1. The lowest BCUT2D eigenvalue weighted by Gasteiger charge is -2.34. The Morgan fingerprint density at radius 2 is 2.11 bits per heavy atom. The molecule has 0 radical (unpaired) electrons. The van der Waals surface area contributed by atoms with E-state index in [0.717, 1.165) is 38.3 Å². The molecule has 1 fully saturated rings. The van der Waals surface area contributed by atoms with E-state index in [0.29, 0.717) is 12.4 Å². The maximum Gasteiger partial charge on any atom is 0.233 e. The van der Waals surface area contributed by atoms with Crippen LogP contribution in [0.25, 0.3) is 0 Å². The zero-order valence-corrected chi connectivity index (χ0v) is 10.3. The molecule has 1 aliphatic rings. The summed E-state index contributed by atoms with van der Waals surface area (Å²) in [5.74, 6) is -0.136. The summed E-state index contributed by atoms with van der Waals surface area (Å²) in [7, 11) is 0. The number of carbonyl (C=O) groups excluding carboxylic acids is 1. The molecule has 3 N–H and O–H groups in total. The van der Waals surface area contributed by atoms with Crippen LogP contribution in [0.5, 0.6) is 0 Å². The average Bonchev–Trinajstić information content (AvgIpc) is 2.42. The molecule has 2 rings (SSSR count). The van der Waals surface area contributed by atoms with Crippen LogP contribution < -0.4 is 11.1 Å². The number of hydrogen-bond donors (Lipinski definition) is 2. The Kier molecular flexibility index (Phi) is 3.91.